The molecule has 0 spiro atoms. The van der Waals surface area contributed by atoms with E-state index in [4.69, 9.17) is 4.42 Å². The Bertz CT molecular complexity index is 1130. The largest absolute Gasteiger partial charge is 0.463 e. The van der Waals surface area contributed by atoms with Gasteiger partial charge in [0.1, 0.15) is 16.9 Å². The number of aromatic nitrogens is 2. The molecule has 0 radical (unpaired) electrons. The van der Waals surface area contributed by atoms with Crippen LogP contribution < -0.4 is 5.32 Å². The van der Waals surface area contributed by atoms with Crippen LogP contribution in [0.25, 0.3) is 11.5 Å². The predicted molar refractivity (Wildman–Crippen MR) is 129 cm³/mol. The monoisotopic (exact) mass is 460 g/mol. The lowest BCUT2D eigenvalue weighted by Crippen LogP contribution is -2.65. The van der Waals surface area contributed by atoms with Gasteiger partial charge in [0, 0.05) is 18.7 Å². The Labute approximate surface area is 200 Å². The summed E-state index contributed by atoms with van der Waals surface area (Å²) in [6, 6.07) is 15.8. The summed E-state index contributed by atoms with van der Waals surface area (Å²) >= 11 is 0. The fraction of sp³-hybridized carbons (Fsp3) is 0.444. The Kier molecular flexibility index (Phi) is 6.26. The van der Waals surface area contributed by atoms with Gasteiger partial charge in [0.2, 0.25) is 5.91 Å². The number of nitrogens with one attached hydrogen (secondary N) is 1. The van der Waals surface area contributed by atoms with Crippen molar-refractivity contribution in [1.29, 1.82) is 0 Å². The second-order valence-electron chi connectivity index (χ2n) is 9.68. The van der Waals surface area contributed by atoms with Gasteiger partial charge in [0.15, 0.2) is 5.76 Å². The van der Waals surface area contributed by atoms with Gasteiger partial charge in [-0.15, -0.1) is 0 Å². The average molecular weight is 461 g/mol. The van der Waals surface area contributed by atoms with Crippen LogP contribution >= 0.6 is 0 Å². The molecule has 1 atom stereocenters. The molecular weight excluding hydrogens is 428 g/mol. The quantitative estimate of drug-likeness (QED) is 0.565. The molecule has 3 aromatic rings. The second-order valence-corrected chi connectivity index (χ2v) is 9.68. The number of carbonyl (C=O) groups excluding carboxylic acids is 2. The Morgan fingerprint density at radius 3 is 2.68 bits per heavy atom. The van der Waals surface area contributed by atoms with Crippen molar-refractivity contribution in [2.45, 2.75) is 70.0 Å². The van der Waals surface area contributed by atoms with Crippen LogP contribution in [0, 0.1) is 0 Å². The molecule has 1 fully saturated rings. The van der Waals surface area contributed by atoms with Gasteiger partial charge in [0.25, 0.3) is 5.91 Å². The van der Waals surface area contributed by atoms with Crippen LogP contribution in [-0.4, -0.2) is 44.6 Å². The van der Waals surface area contributed by atoms with E-state index < -0.39 is 5.54 Å². The molecule has 2 amide bonds. The number of aryl methyl sites for hydroxylation is 1. The molecule has 2 aliphatic rings. The fourth-order valence-corrected chi connectivity index (χ4v) is 5.21. The van der Waals surface area contributed by atoms with Crippen molar-refractivity contribution in [2.75, 3.05) is 6.54 Å². The summed E-state index contributed by atoms with van der Waals surface area (Å²) in [5, 5.41) is 7.89. The van der Waals surface area contributed by atoms with Gasteiger partial charge >= 0.3 is 0 Å². The van der Waals surface area contributed by atoms with Crippen molar-refractivity contribution in [3.05, 3.63) is 66.1 Å². The van der Waals surface area contributed by atoms with Crippen molar-refractivity contribution in [1.82, 2.24) is 20.0 Å². The third-order valence-corrected chi connectivity index (χ3v) is 7.19. The summed E-state index contributed by atoms with van der Waals surface area (Å²) in [5.41, 5.74) is 1.32. The maximum absolute atomic E-state index is 13.7. The molecule has 3 heterocycles. The zero-order chi connectivity index (χ0) is 23.5. The van der Waals surface area contributed by atoms with Gasteiger partial charge in [-0.2, -0.15) is 5.10 Å². The van der Waals surface area contributed by atoms with E-state index in [-0.39, 0.29) is 17.9 Å². The molecular formula is C27H32N4O3. The molecule has 2 aromatic heterocycles. The van der Waals surface area contributed by atoms with Gasteiger partial charge in [-0.25, -0.2) is 0 Å². The van der Waals surface area contributed by atoms with Crippen molar-refractivity contribution in [2.24, 2.45) is 0 Å². The molecule has 1 saturated carbocycles. The molecule has 0 unspecified atom stereocenters. The summed E-state index contributed by atoms with van der Waals surface area (Å²) in [7, 11) is 0. The summed E-state index contributed by atoms with van der Waals surface area (Å²) in [5.74, 6) is 0.359. The Morgan fingerprint density at radius 2 is 1.94 bits per heavy atom. The zero-order valence-electron chi connectivity index (χ0n) is 19.7. The molecule has 1 aromatic carbocycles. The highest BCUT2D eigenvalue weighted by Gasteiger charge is 2.48. The van der Waals surface area contributed by atoms with E-state index in [1.54, 1.807) is 28.0 Å². The van der Waals surface area contributed by atoms with E-state index in [2.05, 4.69) is 22.5 Å². The molecule has 7 nitrogen and oxygen atoms in total. The number of benzene rings is 1. The third-order valence-electron chi connectivity index (χ3n) is 7.19. The Morgan fingerprint density at radius 1 is 1.15 bits per heavy atom. The molecule has 178 valence electrons. The number of rotatable bonds is 7. The average Bonchev–Trinajstić information content (AvgIpc) is 3.53. The first-order valence-corrected chi connectivity index (χ1v) is 12.3. The predicted octanol–water partition coefficient (Wildman–Crippen LogP) is 4.44. The van der Waals surface area contributed by atoms with Gasteiger partial charge < -0.3 is 14.6 Å². The van der Waals surface area contributed by atoms with Crippen LogP contribution in [0.5, 0.6) is 0 Å². The number of nitrogens with zero attached hydrogens (tertiary/aromatic N) is 3. The first-order valence-electron chi connectivity index (χ1n) is 12.3. The van der Waals surface area contributed by atoms with E-state index in [1.807, 2.05) is 31.2 Å². The first-order chi connectivity index (χ1) is 16.5. The highest BCUT2D eigenvalue weighted by Crippen LogP contribution is 2.31. The number of hydrogen-bond acceptors (Lipinski definition) is 4. The van der Waals surface area contributed by atoms with Crippen molar-refractivity contribution in [3.63, 3.8) is 0 Å². The summed E-state index contributed by atoms with van der Waals surface area (Å²) in [6.45, 7) is 2.70. The lowest BCUT2D eigenvalue weighted by Gasteiger charge is -2.44. The molecule has 7 heteroatoms. The topological polar surface area (TPSA) is 80.4 Å². The van der Waals surface area contributed by atoms with E-state index >= 15 is 0 Å². The maximum atomic E-state index is 13.7. The maximum Gasteiger partial charge on any atom is 0.273 e. The molecule has 1 N–H and O–H groups in total. The molecule has 34 heavy (non-hydrogen) atoms. The van der Waals surface area contributed by atoms with Crippen LogP contribution in [0.1, 0.15) is 61.5 Å². The van der Waals surface area contributed by atoms with Crippen molar-refractivity contribution < 1.29 is 14.0 Å². The van der Waals surface area contributed by atoms with E-state index in [9.17, 15) is 9.59 Å². The van der Waals surface area contributed by atoms with E-state index in [0.29, 0.717) is 30.2 Å². The Balaban J connectivity index is 1.41. The third kappa shape index (κ3) is 4.39. The highest BCUT2D eigenvalue weighted by molar-refractivity contribution is 6.00. The second kappa shape index (κ2) is 9.49. The summed E-state index contributed by atoms with van der Waals surface area (Å²) in [4.78, 5) is 29.1. The van der Waals surface area contributed by atoms with Crippen LogP contribution in [0.4, 0.5) is 0 Å². The number of carbonyl (C=O) groups is 2. The van der Waals surface area contributed by atoms with Gasteiger partial charge in [-0.05, 0) is 50.3 Å². The lowest BCUT2D eigenvalue weighted by atomic mass is 9.91. The minimum Gasteiger partial charge on any atom is -0.463 e. The van der Waals surface area contributed by atoms with Gasteiger partial charge in [-0.1, -0.05) is 49.6 Å². The first kappa shape index (κ1) is 22.4. The molecule has 5 rings (SSSR count). The number of furan rings is 1. The highest BCUT2D eigenvalue weighted by atomic mass is 16.3. The minimum absolute atomic E-state index is 0.0897. The van der Waals surface area contributed by atoms with Crippen molar-refractivity contribution in [3.8, 4) is 11.5 Å². The van der Waals surface area contributed by atoms with Crippen LogP contribution in [0.15, 0.2) is 59.2 Å². The smallest absolute Gasteiger partial charge is 0.273 e. The standard InChI is InChI=1S/C27H32N4O3/c1-27(26(33)28-21-13-6-3-7-14-21)19-31-23(18-22(29-31)24-15-9-17-34-24)25(32)30(27)16-8-12-20-10-4-2-5-11-20/h2,4-5,9-11,15,17-18,21H,3,6-8,12-14,16,19H2,1H3,(H,28,33)/t27-/m1/s1. The normalized spacial score (nSPS) is 20.9. The lowest BCUT2D eigenvalue weighted by molar-refractivity contribution is -0.134. The summed E-state index contributed by atoms with van der Waals surface area (Å²) < 4.78 is 7.17. The van der Waals surface area contributed by atoms with Crippen molar-refractivity contribution >= 4 is 11.8 Å². The molecule has 1 aliphatic carbocycles. The van der Waals surface area contributed by atoms with Crippen LogP contribution in [-0.2, 0) is 17.8 Å². The number of fused-ring (bicyclic) bond motifs is 1. The minimum atomic E-state index is -1.01. The SMILES string of the molecule is C[C@]1(C(=O)NC2CCCCC2)Cn2nc(-c3ccco3)cc2C(=O)N1CCCc1ccccc1. The fourth-order valence-electron chi connectivity index (χ4n) is 5.21. The number of hydrogen-bond donors (Lipinski definition) is 1. The van der Waals surface area contributed by atoms with Crippen LogP contribution in [0.3, 0.4) is 0 Å². The molecule has 1 aliphatic heterocycles. The number of amides is 2. The molecule has 0 bridgehead atoms. The summed E-state index contributed by atoms with van der Waals surface area (Å²) in [6.07, 6.45) is 8.71. The van der Waals surface area contributed by atoms with Gasteiger partial charge in [-0.3, -0.25) is 14.3 Å². The van der Waals surface area contributed by atoms with E-state index in [0.717, 1.165) is 38.5 Å². The van der Waals surface area contributed by atoms with Gasteiger partial charge in [0.05, 0.1) is 12.8 Å². The molecule has 0 saturated heterocycles. The van der Waals surface area contributed by atoms with Crippen LogP contribution in [0.2, 0.25) is 0 Å². The zero-order valence-corrected chi connectivity index (χ0v) is 19.7. The van der Waals surface area contributed by atoms with E-state index in [1.165, 1.54) is 12.0 Å². The Hall–Kier alpha value is -3.35.